The first-order chi connectivity index (χ1) is 7.63. The van der Waals surface area contributed by atoms with Gasteiger partial charge in [0.25, 0.3) is 0 Å². The Kier molecular flexibility index (Phi) is 4.74. The molecule has 2 atom stereocenters. The van der Waals surface area contributed by atoms with Crippen LogP contribution in [0.5, 0.6) is 5.75 Å². The van der Waals surface area contributed by atoms with Crippen LogP contribution in [0.4, 0.5) is 4.39 Å². The van der Waals surface area contributed by atoms with E-state index in [1.165, 1.54) is 25.3 Å². The van der Waals surface area contributed by atoms with E-state index in [4.69, 9.17) is 10.5 Å². The molecule has 0 spiro atoms. The maximum absolute atomic E-state index is 13.1. The molecule has 96 valence electrons. The molecule has 2 rings (SSSR count). The SMILES string of the molecule is COc1ccc(F)cc1[C@@H](N)[C@@H](O)C1CC1.Cl. The third-order valence-corrected chi connectivity index (χ3v) is 3.02. The zero-order chi connectivity index (χ0) is 11.7. The Morgan fingerprint density at radius 3 is 2.65 bits per heavy atom. The highest BCUT2D eigenvalue weighted by Gasteiger charge is 2.35. The highest BCUT2D eigenvalue weighted by molar-refractivity contribution is 5.85. The molecule has 0 unspecified atom stereocenters. The van der Waals surface area contributed by atoms with Crippen molar-refractivity contribution >= 4 is 12.4 Å². The number of rotatable bonds is 4. The van der Waals surface area contributed by atoms with Crippen LogP contribution >= 0.6 is 12.4 Å². The van der Waals surface area contributed by atoms with E-state index in [9.17, 15) is 9.50 Å². The van der Waals surface area contributed by atoms with Gasteiger partial charge in [0.2, 0.25) is 0 Å². The second-order valence-electron chi connectivity index (χ2n) is 4.24. The second-order valence-corrected chi connectivity index (χ2v) is 4.24. The molecular weight excluding hydrogens is 245 g/mol. The Balaban J connectivity index is 0.00000144. The molecule has 1 fully saturated rings. The van der Waals surface area contributed by atoms with Crippen LogP contribution in [0, 0.1) is 11.7 Å². The monoisotopic (exact) mass is 261 g/mol. The van der Waals surface area contributed by atoms with E-state index in [1.54, 1.807) is 0 Å². The van der Waals surface area contributed by atoms with Gasteiger partial charge < -0.3 is 15.6 Å². The van der Waals surface area contributed by atoms with Crippen LogP contribution < -0.4 is 10.5 Å². The summed E-state index contributed by atoms with van der Waals surface area (Å²) in [6, 6.07) is 3.59. The van der Waals surface area contributed by atoms with Crippen molar-refractivity contribution in [2.24, 2.45) is 11.7 Å². The first-order valence-corrected chi connectivity index (χ1v) is 5.40. The van der Waals surface area contributed by atoms with Crippen LogP contribution in [0.3, 0.4) is 0 Å². The molecule has 1 aliphatic rings. The van der Waals surface area contributed by atoms with E-state index in [1.807, 2.05) is 0 Å². The Hall–Kier alpha value is -0.840. The number of hydrogen-bond donors (Lipinski definition) is 2. The number of aliphatic hydroxyl groups is 1. The number of nitrogens with two attached hydrogens (primary N) is 1. The summed E-state index contributed by atoms with van der Waals surface area (Å²) in [6.45, 7) is 0. The first kappa shape index (κ1) is 14.2. The van der Waals surface area contributed by atoms with Crippen LogP contribution in [-0.4, -0.2) is 18.3 Å². The predicted molar refractivity (Wildman–Crippen MR) is 65.9 cm³/mol. The van der Waals surface area contributed by atoms with Crippen molar-refractivity contribution < 1.29 is 14.2 Å². The van der Waals surface area contributed by atoms with Crippen LogP contribution in [-0.2, 0) is 0 Å². The molecule has 1 aliphatic carbocycles. The average Bonchev–Trinajstić information content (AvgIpc) is 3.11. The van der Waals surface area contributed by atoms with Crippen LogP contribution in [0.15, 0.2) is 18.2 Å². The first-order valence-electron chi connectivity index (χ1n) is 5.40. The molecule has 3 nitrogen and oxygen atoms in total. The molecule has 0 aromatic heterocycles. The third-order valence-electron chi connectivity index (χ3n) is 3.02. The van der Waals surface area contributed by atoms with Gasteiger partial charge in [0.15, 0.2) is 0 Å². The molecule has 5 heteroatoms. The van der Waals surface area contributed by atoms with E-state index in [0.717, 1.165) is 12.8 Å². The summed E-state index contributed by atoms with van der Waals surface area (Å²) in [4.78, 5) is 0. The second kappa shape index (κ2) is 5.67. The zero-order valence-corrected chi connectivity index (χ0v) is 10.4. The molecule has 0 heterocycles. The molecular formula is C12H17ClFNO2. The minimum atomic E-state index is -0.615. The summed E-state index contributed by atoms with van der Waals surface area (Å²) in [7, 11) is 1.51. The Morgan fingerprint density at radius 2 is 2.12 bits per heavy atom. The lowest BCUT2D eigenvalue weighted by Gasteiger charge is -2.20. The number of methoxy groups -OCH3 is 1. The van der Waals surface area contributed by atoms with Gasteiger partial charge in [0.05, 0.1) is 19.3 Å². The number of benzene rings is 1. The van der Waals surface area contributed by atoms with Crippen molar-refractivity contribution in [1.82, 2.24) is 0 Å². The zero-order valence-electron chi connectivity index (χ0n) is 9.60. The molecule has 0 saturated heterocycles. The van der Waals surface area contributed by atoms with Crippen LogP contribution in [0.25, 0.3) is 0 Å². The van der Waals surface area contributed by atoms with Gasteiger partial charge in [-0.2, -0.15) is 0 Å². The summed E-state index contributed by atoms with van der Waals surface area (Å²) in [5, 5.41) is 9.92. The van der Waals surface area contributed by atoms with Gasteiger partial charge in [-0.05, 0) is 37.0 Å². The van der Waals surface area contributed by atoms with Crippen molar-refractivity contribution in [3.63, 3.8) is 0 Å². The molecule has 1 saturated carbocycles. The van der Waals surface area contributed by atoms with Gasteiger partial charge in [0, 0.05) is 5.56 Å². The third kappa shape index (κ3) is 3.09. The number of halogens is 2. The van der Waals surface area contributed by atoms with E-state index in [0.29, 0.717) is 11.3 Å². The van der Waals surface area contributed by atoms with Crippen LogP contribution in [0.1, 0.15) is 24.4 Å². The standard InChI is InChI=1S/C12H16FNO2.ClH/c1-16-10-5-4-8(13)6-9(10)11(14)12(15)7-2-3-7;/h4-7,11-12,15H,2-3,14H2,1H3;1H/t11-,12+;/m1./s1. The molecule has 0 bridgehead atoms. The fourth-order valence-corrected chi connectivity index (χ4v) is 1.88. The molecule has 0 amide bonds. The largest absolute Gasteiger partial charge is 0.496 e. The molecule has 0 radical (unpaired) electrons. The minimum absolute atomic E-state index is 0. The van der Waals surface area contributed by atoms with E-state index in [2.05, 4.69) is 0 Å². The van der Waals surface area contributed by atoms with Gasteiger partial charge in [-0.15, -0.1) is 12.4 Å². The summed E-state index contributed by atoms with van der Waals surface area (Å²) < 4.78 is 18.2. The topological polar surface area (TPSA) is 55.5 Å². The van der Waals surface area contributed by atoms with Gasteiger partial charge in [-0.25, -0.2) is 4.39 Å². The van der Waals surface area contributed by atoms with Crippen molar-refractivity contribution in [2.45, 2.75) is 25.0 Å². The number of ether oxygens (including phenoxy) is 1. The molecule has 3 N–H and O–H groups in total. The van der Waals surface area contributed by atoms with Gasteiger partial charge in [0.1, 0.15) is 11.6 Å². The van der Waals surface area contributed by atoms with Crippen molar-refractivity contribution in [3.05, 3.63) is 29.6 Å². The van der Waals surface area contributed by atoms with Gasteiger partial charge >= 0.3 is 0 Å². The predicted octanol–water partition coefficient (Wildman–Crippen LogP) is 2.03. The fraction of sp³-hybridized carbons (Fsp3) is 0.500. The Morgan fingerprint density at radius 1 is 1.47 bits per heavy atom. The van der Waals surface area contributed by atoms with Crippen molar-refractivity contribution in [3.8, 4) is 5.75 Å². The molecule has 17 heavy (non-hydrogen) atoms. The maximum atomic E-state index is 13.1. The van der Waals surface area contributed by atoms with Crippen molar-refractivity contribution in [1.29, 1.82) is 0 Å². The van der Waals surface area contributed by atoms with Gasteiger partial charge in [-0.1, -0.05) is 0 Å². The van der Waals surface area contributed by atoms with E-state index < -0.39 is 12.1 Å². The van der Waals surface area contributed by atoms with E-state index >= 15 is 0 Å². The van der Waals surface area contributed by atoms with Gasteiger partial charge in [-0.3, -0.25) is 0 Å². The van der Waals surface area contributed by atoms with Crippen molar-refractivity contribution in [2.75, 3.05) is 7.11 Å². The maximum Gasteiger partial charge on any atom is 0.123 e. The molecule has 1 aromatic carbocycles. The number of aliphatic hydroxyl groups excluding tert-OH is 1. The normalized spacial score (nSPS) is 18.1. The minimum Gasteiger partial charge on any atom is -0.496 e. The summed E-state index contributed by atoms with van der Waals surface area (Å²) >= 11 is 0. The lowest BCUT2D eigenvalue weighted by molar-refractivity contribution is 0.121. The Labute approximate surface area is 106 Å². The quantitative estimate of drug-likeness (QED) is 0.872. The average molecular weight is 262 g/mol. The number of hydrogen-bond acceptors (Lipinski definition) is 3. The lowest BCUT2D eigenvalue weighted by Crippen LogP contribution is -2.28. The Bertz CT molecular complexity index is 385. The summed E-state index contributed by atoms with van der Waals surface area (Å²) in [5.74, 6) is 0.408. The molecule has 0 aliphatic heterocycles. The summed E-state index contributed by atoms with van der Waals surface area (Å²) in [6.07, 6.45) is 1.37. The van der Waals surface area contributed by atoms with Crippen LogP contribution in [0.2, 0.25) is 0 Å². The smallest absolute Gasteiger partial charge is 0.123 e. The summed E-state index contributed by atoms with van der Waals surface area (Å²) in [5.41, 5.74) is 6.46. The lowest BCUT2D eigenvalue weighted by atomic mass is 9.98. The molecule has 1 aromatic rings. The van der Waals surface area contributed by atoms with E-state index in [-0.39, 0.29) is 24.1 Å². The highest BCUT2D eigenvalue weighted by atomic mass is 35.5. The fourth-order valence-electron chi connectivity index (χ4n) is 1.88. The highest BCUT2D eigenvalue weighted by Crippen LogP contribution is 2.39.